The van der Waals surface area contributed by atoms with Crippen molar-refractivity contribution in [3.05, 3.63) is 29.8 Å². The molecule has 1 aliphatic carbocycles. The third-order valence-electron chi connectivity index (χ3n) is 3.91. The minimum absolute atomic E-state index is 0.613. The summed E-state index contributed by atoms with van der Waals surface area (Å²) in [5, 5.41) is 3.64. The summed E-state index contributed by atoms with van der Waals surface area (Å²) in [4.78, 5) is 0. The molecule has 0 aromatic heterocycles. The molecule has 1 atom stereocenters. The molecular weight excluding hydrogens is 210 g/mol. The minimum atomic E-state index is 0.613. The maximum absolute atomic E-state index is 5.36. The molecule has 2 heteroatoms. The number of benzene rings is 1. The van der Waals surface area contributed by atoms with Crippen LogP contribution in [0.15, 0.2) is 24.3 Å². The van der Waals surface area contributed by atoms with Crippen LogP contribution < -0.4 is 10.1 Å². The van der Waals surface area contributed by atoms with Crippen LogP contribution in [0.3, 0.4) is 0 Å². The zero-order valence-corrected chi connectivity index (χ0v) is 10.9. The maximum Gasteiger partial charge on any atom is 0.123 e. The van der Waals surface area contributed by atoms with Gasteiger partial charge in [0.05, 0.1) is 7.11 Å². The third kappa shape index (κ3) is 3.22. The number of ether oxygens (including phenoxy) is 1. The summed E-state index contributed by atoms with van der Waals surface area (Å²) in [5.74, 6) is 1.85. The molecule has 1 fully saturated rings. The van der Waals surface area contributed by atoms with Crippen molar-refractivity contribution in [1.82, 2.24) is 5.32 Å². The standard InChI is InChI=1S/C15H23NO/c1-12(13-7-3-4-8-13)16-11-14-9-5-6-10-15(14)17-2/h5-6,9-10,12-13,16H,3-4,7-8,11H2,1-2H3/t12-/m0/s1. The van der Waals surface area contributed by atoms with Gasteiger partial charge in [0, 0.05) is 18.2 Å². The molecule has 1 aliphatic rings. The lowest BCUT2D eigenvalue weighted by molar-refractivity contribution is 0.371. The van der Waals surface area contributed by atoms with Crippen LogP contribution in [-0.2, 0) is 6.54 Å². The quantitative estimate of drug-likeness (QED) is 0.842. The molecule has 0 spiro atoms. The zero-order valence-electron chi connectivity index (χ0n) is 10.9. The van der Waals surface area contributed by atoms with E-state index in [4.69, 9.17) is 4.74 Å². The Labute approximate surface area is 104 Å². The summed E-state index contributed by atoms with van der Waals surface area (Å²) in [7, 11) is 1.74. The average Bonchev–Trinajstić information content (AvgIpc) is 2.90. The van der Waals surface area contributed by atoms with Gasteiger partial charge in [0.15, 0.2) is 0 Å². The summed E-state index contributed by atoms with van der Waals surface area (Å²) in [5.41, 5.74) is 1.25. The predicted octanol–water partition coefficient (Wildman–Crippen LogP) is 3.36. The van der Waals surface area contributed by atoms with E-state index >= 15 is 0 Å². The summed E-state index contributed by atoms with van der Waals surface area (Å²) in [6.45, 7) is 3.22. The summed E-state index contributed by atoms with van der Waals surface area (Å²) in [6, 6.07) is 8.86. The topological polar surface area (TPSA) is 21.3 Å². The lowest BCUT2D eigenvalue weighted by atomic mass is 9.99. The Morgan fingerprint density at radius 3 is 2.71 bits per heavy atom. The number of rotatable bonds is 5. The fourth-order valence-electron chi connectivity index (χ4n) is 2.74. The highest BCUT2D eigenvalue weighted by atomic mass is 16.5. The smallest absolute Gasteiger partial charge is 0.123 e. The SMILES string of the molecule is COc1ccccc1CN[C@@H](C)C1CCCC1. The molecule has 1 N–H and O–H groups in total. The van der Waals surface area contributed by atoms with Crippen molar-refractivity contribution < 1.29 is 4.74 Å². The second kappa shape index (κ2) is 6.06. The van der Waals surface area contributed by atoms with E-state index in [2.05, 4.69) is 24.4 Å². The molecule has 0 amide bonds. The van der Waals surface area contributed by atoms with Gasteiger partial charge in [-0.25, -0.2) is 0 Å². The molecule has 0 radical (unpaired) electrons. The van der Waals surface area contributed by atoms with Crippen molar-refractivity contribution >= 4 is 0 Å². The maximum atomic E-state index is 5.36. The fraction of sp³-hybridized carbons (Fsp3) is 0.600. The molecule has 0 bridgehead atoms. The van der Waals surface area contributed by atoms with Gasteiger partial charge in [0.2, 0.25) is 0 Å². The van der Waals surface area contributed by atoms with E-state index in [-0.39, 0.29) is 0 Å². The molecule has 1 saturated carbocycles. The van der Waals surface area contributed by atoms with E-state index in [0.29, 0.717) is 6.04 Å². The van der Waals surface area contributed by atoms with Crippen molar-refractivity contribution in [1.29, 1.82) is 0 Å². The lowest BCUT2D eigenvalue weighted by Crippen LogP contribution is -2.31. The van der Waals surface area contributed by atoms with Crippen molar-refractivity contribution in [2.45, 2.75) is 45.2 Å². The largest absolute Gasteiger partial charge is 0.496 e. The first-order chi connectivity index (χ1) is 8.31. The number of para-hydroxylation sites is 1. The predicted molar refractivity (Wildman–Crippen MR) is 71.3 cm³/mol. The molecule has 0 unspecified atom stereocenters. The highest BCUT2D eigenvalue weighted by Crippen LogP contribution is 2.28. The molecule has 94 valence electrons. The van der Waals surface area contributed by atoms with Gasteiger partial charge in [0.1, 0.15) is 5.75 Å². The van der Waals surface area contributed by atoms with E-state index in [1.165, 1.54) is 31.2 Å². The molecule has 17 heavy (non-hydrogen) atoms. The van der Waals surface area contributed by atoms with Crippen LogP contribution in [0.1, 0.15) is 38.2 Å². The van der Waals surface area contributed by atoms with Crippen molar-refractivity contribution in [2.24, 2.45) is 5.92 Å². The minimum Gasteiger partial charge on any atom is -0.496 e. The van der Waals surface area contributed by atoms with Crippen LogP contribution in [0.4, 0.5) is 0 Å². The van der Waals surface area contributed by atoms with Crippen LogP contribution in [0.5, 0.6) is 5.75 Å². The highest BCUT2D eigenvalue weighted by molar-refractivity contribution is 5.33. The molecule has 2 nitrogen and oxygen atoms in total. The first kappa shape index (κ1) is 12.4. The number of hydrogen-bond acceptors (Lipinski definition) is 2. The van der Waals surface area contributed by atoms with Gasteiger partial charge in [-0.05, 0) is 31.7 Å². The van der Waals surface area contributed by atoms with Gasteiger partial charge >= 0.3 is 0 Å². The van der Waals surface area contributed by atoms with E-state index in [0.717, 1.165) is 18.2 Å². The van der Waals surface area contributed by atoms with E-state index in [1.807, 2.05) is 12.1 Å². The Morgan fingerprint density at radius 1 is 1.29 bits per heavy atom. The van der Waals surface area contributed by atoms with Crippen LogP contribution in [0.2, 0.25) is 0 Å². The lowest BCUT2D eigenvalue weighted by Gasteiger charge is -2.21. The fourth-order valence-corrected chi connectivity index (χ4v) is 2.74. The third-order valence-corrected chi connectivity index (χ3v) is 3.91. The van der Waals surface area contributed by atoms with Crippen molar-refractivity contribution in [3.8, 4) is 5.75 Å². The monoisotopic (exact) mass is 233 g/mol. The Kier molecular flexibility index (Phi) is 4.43. The van der Waals surface area contributed by atoms with Crippen LogP contribution in [-0.4, -0.2) is 13.2 Å². The second-order valence-electron chi connectivity index (χ2n) is 5.03. The molecule has 0 saturated heterocycles. The highest BCUT2D eigenvalue weighted by Gasteiger charge is 2.21. The van der Waals surface area contributed by atoms with Gasteiger partial charge in [-0.2, -0.15) is 0 Å². The van der Waals surface area contributed by atoms with Crippen molar-refractivity contribution in [2.75, 3.05) is 7.11 Å². The number of methoxy groups -OCH3 is 1. The summed E-state index contributed by atoms with van der Waals surface area (Å²) < 4.78 is 5.36. The molecular formula is C15H23NO. The Bertz CT molecular complexity index is 345. The molecule has 1 aromatic rings. The van der Waals surface area contributed by atoms with E-state index < -0.39 is 0 Å². The van der Waals surface area contributed by atoms with Gasteiger partial charge in [-0.3, -0.25) is 0 Å². The molecule has 1 aromatic carbocycles. The Hall–Kier alpha value is -1.02. The van der Waals surface area contributed by atoms with E-state index in [9.17, 15) is 0 Å². The summed E-state index contributed by atoms with van der Waals surface area (Å²) in [6.07, 6.45) is 5.59. The Morgan fingerprint density at radius 2 is 2.00 bits per heavy atom. The molecule has 2 rings (SSSR count). The van der Waals surface area contributed by atoms with Gasteiger partial charge in [-0.15, -0.1) is 0 Å². The molecule has 0 aliphatic heterocycles. The Balaban J connectivity index is 1.88. The summed E-state index contributed by atoms with van der Waals surface area (Å²) >= 11 is 0. The average molecular weight is 233 g/mol. The first-order valence-corrected chi connectivity index (χ1v) is 6.66. The van der Waals surface area contributed by atoms with Gasteiger partial charge in [-0.1, -0.05) is 31.0 Å². The van der Waals surface area contributed by atoms with E-state index in [1.54, 1.807) is 7.11 Å². The van der Waals surface area contributed by atoms with Crippen LogP contribution in [0.25, 0.3) is 0 Å². The van der Waals surface area contributed by atoms with Gasteiger partial charge < -0.3 is 10.1 Å². The first-order valence-electron chi connectivity index (χ1n) is 6.66. The van der Waals surface area contributed by atoms with Crippen LogP contribution >= 0.6 is 0 Å². The number of hydrogen-bond donors (Lipinski definition) is 1. The van der Waals surface area contributed by atoms with Gasteiger partial charge in [0.25, 0.3) is 0 Å². The van der Waals surface area contributed by atoms with Crippen LogP contribution in [0, 0.1) is 5.92 Å². The van der Waals surface area contributed by atoms with Crippen molar-refractivity contribution in [3.63, 3.8) is 0 Å². The molecule has 0 heterocycles. The second-order valence-corrected chi connectivity index (χ2v) is 5.03. The normalized spacial score (nSPS) is 18.2. The zero-order chi connectivity index (χ0) is 12.1. The number of nitrogens with one attached hydrogen (secondary N) is 1.